The maximum absolute atomic E-state index is 11.2. The van der Waals surface area contributed by atoms with Gasteiger partial charge in [-0.3, -0.25) is 4.79 Å². The van der Waals surface area contributed by atoms with Crippen LogP contribution in [0, 0.1) is 6.92 Å². The van der Waals surface area contributed by atoms with Crippen LogP contribution in [0.4, 0.5) is 0 Å². The van der Waals surface area contributed by atoms with Crippen LogP contribution in [0.15, 0.2) is 30.5 Å². The quantitative estimate of drug-likeness (QED) is 0.792. The van der Waals surface area contributed by atoms with Crippen LogP contribution in [0.2, 0.25) is 0 Å². The number of benzene rings is 1. The largest absolute Gasteiger partial charge is 0.381 e. The van der Waals surface area contributed by atoms with Crippen molar-refractivity contribution in [3.63, 3.8) is 0 Å². The first kappa shape index (κ1) is 12.1. The summed E-state index contributed by atoms with van der Waals surface area (Å²) in [4.78, 5) is 11.2. The second-order valence-electron chi connectivity index (χ2n) is 4.88. The summed E-state index contributed by atoms with van der Waals surface area (Å²) in [6.45, 7) is 3.45. The fourth-order valence-corrected chi connectivity index (χ4v) is 2.50. The summed E-state index contributed by atoms with van der Waals surface area (Å²) in [5, 5.41) is 4.60. The van der Waals surface area contributed by atoms with E-state index in [0.29, 0.717) is 12.2 Å². The van der Waals surface area contributed by atoms with Crippen LogP contribution in [0.25, 0.3) is 5.69 Å². The van der Waals surface area contributed by atoms with Crippen LogP contribution in [0.5, 0.6) is 0 Å². The Morgan fingerprint density at radius 2 is 2.26 bits per heavy atom. The maximum atomic E-state index is 11.2. The van der Waals surface area contributed by atoms with E-state index < -0.39 is 0 Å². The molecule has 4 heteroatoms. The van der Waals surface area contributed by atoms with Crippen LogP contribution < -0.4 is 0 Å². The fraction of sp³-hybridized carbons (Fsp3) is 0.333. The van der Waals surface area contributed by atoms with Crippen LogP contribution in [-0.4, -0.2) is 29.3 Å². The molecule has 1 aromatic carbocycles. The molecule has 2 heterocycles. The average molecular weight is 256 g/mol. The number of rotatable bonds is 3. The summed E-state index contributed by atoms with van der Waals surface area (Å²) in [6, 6.07) is 8.01. The number of para-hydroxylation sites is 1. The number of ether oxygens (including phenoxy) is 1. The van der Waals surface area contributed by atoms with E-state index in [1.54, 1.807) is 4.68 Å². The zero-order chi connectivity index (χ0) is 13.2. The van der Waals surface area contributed by atoms with E-state index >= 15 is 0 Å². The van der Waals surface area contributed by atoms with Crippen LogP contribution in [-0.2, 0) is 4.74 Å². The highest BCUT2D eigenvalue weighted by Crippen LogP contribution is 2.27. The molecule has 19 heavy (non-hydrogen) atoms. The second-order valence-corrected chi connectivity index (χ2v) is 4.88. The first-order chi connectivity index (χ1) is 9.29. The summed E-state index contributed by atoms with van der Waals surface area (Å²) in [6.07, 6.45) is 3.63. The Morgan fingerprint density at radius 1 is 1.42 bits per heavy atom. The van der Waals surface area contributed by atoms with Gasteiger partial charge in [-0.2, -0.15) is 5.10 Å². The normalized spacial score (nSPS) is 18.7. The van der Waals surface area contributed by atoms with Gasteiger partial charge < -0.3 is 4.74 Å². The molecule has 0 saturated carbocycles. The minimum absolute atomic E-state index is 0.241. The Morgan fingerprint density at radius 3 is 2.95 bits per heavy atom. The van der Waals surface area contributed by atoms with Crippen LogP contribution in [0.3, 0.4) is 0 Å². The molecule has 3 rings (SSSR count). The Kier molecular flexibility index (Phi) is 3.17. The van der Waals surface area contributed by atoms with Gasteiger partial charge in [0.1, 0.15) is 0 Å². The molecule has 0 amide bonds. The number of carbonyl (C=O) groups is 1. The third-order valence-electron chi connectivity index (χ3n) is 3.58. The fourth-order valence-electron chi connectivity index (χ4n) is 2.50. The molecule has 1 saturated heterocycles. The monoisotopic (exact) mass is 256 g/mol. The highest BCUT2D eigenvalue weighted by Gasteiger charge is 2.24. The standard InChI is InChI=1S/C15H16N2O2/c1-11-4-2-3-5-14(11)17-8-13(9-18)15(16-17)12-6-7-19-10-12/h2-5,8-9,12H,6-7,10H2,1H3. The summed E-state index contributed by atoms with van der Waals surface area (Å²) in [5.41, 5.74) is 3.67. The molecule has 0 bridgehead atoms. The Labute approximate surface area is 112 Å². The van der Waals surface area contributed by atoms with E-state index in [9.17, 15) is 4.79 Å². The highest BCUT2D eigenvalue weighted by atomic mass is 16.5. The summed E-state index contributed by atoms with van der Waals surface area (Å²) in [7, 11) is 0. The van der Waals surface area contributed by atoms with Crippen molar-refractivity contribution in [3.05, 3.63) is 47.3 Å². The van der Waals surface area contributed by atoms with Crippen LogP contribution in [0.1, 0.15) is 34.0 Å². The van der Waals surface area contributed by atoms with E-state index in [1.807, 2.05) is 37.4 Å². The van der Waals surface area contributed by atoms with Gasteiger partial charge in [0.05, 0.1) is 23.6 Å². The maximum Gasteiger partial charge on any atom is 0.153 e. The molecular weight excluding hydrogens is 240 g/mol. The Bertz CT molecular complexity index is 598. The first-order valence-corrected chi connectivity index (χ1v) is 6.48. The number of hydrogen-bond donors (Lipinski definition) is 0. The number of aromatic nitrogens is 2. The van der Waals surface area contributed by atoms with Crippen molar-refractivity contribution < 1.29 is 9.53 Å². The zero-order valence-electron chi connectivity index (χ0n) is 10.9. The lowest BCUT2D eigenvalue weighted by atomic mass is 10.0. The summed E-state index contributed by atoms with van der Waals surface area (Å²) < 4.78 is 7.18. The molecule has 0 N–H and O–H groups in total. The lowest BCUT2D eigenvalue weighted by Gasteiger charge is -2.06. The minimum atomic E-state index is 0.241. The molecular formula is C15H16N2O2. The van der Waals surface area contributed by atoms with Gasteiger partial charge in [0.2, 0.25) is 0 Å². The highest BCUT2D eigenvalue weighted by molar-refractivity contribution is 5.76. The molecule has 4 nitrogen and oxygen atoms in total. The summed E-state index contributed by atoms with van der Waals surface area (Å²) in [5.74, 6) is 0.241. The number of carbonyl (C=O) groups excluding carboxylic acids is 1. The van der Waals surface area contributed by atoms with Gasteiger partial charge in [0, 0.05) is 18.7 Å². The smallest absolute Gasteiger partial charge is 0.153 e. The second kappa shape index (κ2) is 4.97. The molecule has 2 aromatic rings. The van der Waals surface area contributed by atoms with E-state index in [-0.39, 0.29) is 5.92 Å². The van der Waals surface area contributed by atoms with Crippen molar-refractivity contribution >= 4 is 6.29 Å². The molecule has 0 radical (unpaired) electrons. The van der Waals surface area contributed by atoms with Gasteiger partial charge in [-0.1, -0.05) is 18.2 Å². The SMILES string of the molecule is Cc1ccccc1-n1cc(C=O)c(C2CCOC2)n1. The third-order valence-corrected chi connectivity index (χ3v) is 3.58. The van der Waals surface area contributed by atoms with Crippen molar-refractivity contribution in [1.29, 1.82) is 0 Å². The van der Waals surface area contributed by atoms with E-state index in [1.165, 1.54) is 0 Å². The average Bonchev–Trinajstić information content (AvgIpc) is 3.08. The third kappa shape index (κ3) is 2.19. The van der Waals surface area contributed by atoms with Crippen molar-refractivity contribution in [3.8, 4) is 5.69 Å². The van der Waals surface area contributed by atoms with Crippen molar-refractivity contribution in [2.45, 2.75) is 19.3 Å². The number of hydrogen-bond acceptors (Lipinski definition) is 3. The minimum Gasteiger partial charge on any atom is -0.381 e. The van der Waals surface area contributed by atoms with Crippen molar-refractivity contribution in [1.82, 2.24) is 9.78 Å². The van der Waals surface area contributed by atoms with Gasteiger partial charge in [-0.25, -0.2) is 4.68 Å². The predicted octanol–water partition coefficient (Wildman–Crippen LogP) is 2.50. The topological polar surface area (TPSA) is 44.1 Å². The molecule has 1 fully saturated rings. The molecule has 0 spiro atoms. The van der Waals surface area contributed by atoms with Crippen LogP contribution >= 0.6 is 0 Å². The molecule has 1 aromatic heterocycles. The molecule has 98 valence electrons. The van der Waals surface area contributed by atoms with Gasteiger partial charge >= 0.3 is 0 Å². The van der Waals surface area contributed by atoms with E-state index in [4.69, 9.17) is 4.74 Å². The molecule has 1 aliphatic rings. The van der Waals surface area contributed by atoms with Gasteiger partial charge in [0.25, 0.3) is 0 Å². The lowest BCUT2D eigenvalue weighted by molar-refractivity contribution is 0.112. The Hall–Kier alpha value is -1.94. The van der Waals surface area contributed by atoms with Gasteiger partial charge in [0.15, 0.2) is 6.29 Å². The summed E-state index contributed by atoms with van der Waals surface area (Å²) >= 11 is 0. The van der Waals surface area contributed by atoms with Gasteiger partial charge in [-0.05, 0) is 25.0 Å². The first-order valence-electron chi connectivity index (χ1n) is 6.48. The molecule has 1 atom stereocenters. The molecule has 0 aliphatic carbocycles. The van der Waals surface area contributed by atoms with Gasteiger partial charge in [-0.15, -0.1) is 0 Å². The van der Waals surface area contributed by atoms with E-state index in [2.05, 4.69) is 5.10 Å². The molecule has 1 unspecified atom stereocenters. The zero-order valence-corrected chi connectivity index (χ0v) is 10.9. The van der Waals surface area contributed by atoms with E-state index in [0.717, 1.165) is 36.3 Å². The van der Waals surface area contributed by atoms with Crippen molar-refractivity contribution in [2.24, 2.45) is 0 Å². The Balaban J connectivity index is 2.04. The lowest BCUT2D eigenvalue weighted by Crippen LogP contribution is -2.03. The van der Waals surface area contributed by atoms with Crippen molar-refractivity contribution in [2.75, 3.05) is 13.2 Å². The number of aldehydes is 1. The molecule has 1 aliphatic heterocycles. The number of nitrogens with zero attached hydrogens (tertiary/aromatic N) is 2. The predicted molar refractivity (Wildman–Crippen MR) is 71.9 cm³/mol. The number of aryl methyl sites for hydroxylation is 1.